The Morgan fingerprint density at radius 3 is 2.47 bits per heavy atom. The lowest BCUT2D eigenvalue weighted by molar-refractivity contribution is -0.137. The molecule has 2 aromatic rings. The van der Waals surface area contributed by atoms with Crippen molar-refractivity contribution < 1.29 is 26.4 Å². The summed E-state index contributed by atoms with van der Waals surface area (Å²) in [7, 11) is -3.48. The molecule has 1 aromatic carbocycles. The first-order chi connectivity index (χ1) is 13.9. The van der Waals surface area contributed by atoms with Crippen LogP contribution in [0.5, 0.6) is 0 Å². The van der Waals surface area contributed by atoms with E-state index in [9.17, 15) is 26.4 Å². The fourth-order valence-corrected chi connectivity index (χ4v) is 3.89. The number of nitrogens with zero attached hydrogens (tertiary/aromatic N) is 4. The second-order valence-electron chi connectivity index (χ2n) is 6.94. The number of anilines is 1. The lowest BCUT2D eigenvalue weighted by atomic mass is 10.1. The maximum atomic E-state index is 13.0. The molecular weight excluding hydrogens is 447 g/mol. The van der Waals surface area contributed by atoms with Crippen LogP contribution >= 0.6 is 11.6 Å². The standard InChI is InChI=1S/C17H19ClF3N5O3S/c1-30(28,29)23-15-9-22-26(11-15)16(27)25-4-2-24(3-5-25)10-12-6-13(17(19,20)21)8-14(18)7-12/h6-9,11,23H,2-5,10H2,1H3. The van der Waals surface area contributed by atoms with E-state index in [2.05, 4.69) is 9.82 Å². The molecule has 0 bridgehead atoms. The molecule has 30 heavy (non-hydrogen) atoms. The highest BCUT2D eigenvalue weighted by Crippen LogP contribution is 2.32. The molecule has 1 fully saturated rings. The first kappa shape index (κ1) is 22.4. The molecule has 0 spiro atoms. The molecule has 0 radical (unpaired) electrons. The molecule has 8 nitrogen and oxygen atoms in total. The summed E-state index contributed by atoms with van der Waals surface area (Å²) in [6.45, 7) is 1.88. The summed E-state index contributed by atoms with van der Waals surface area (Å²) >= 11 is 5.82. The van der Waals surface area contributed by atoms with Crippen LogP contribution in [0, 0.1) is 0 Å². The van der Waals surface area contributed by atoms with E-state index < -0.39 is 27.8 Å². The first-order valence-electron chi connectivity index (χ1n) is 8.81. The summed E-state index contributed by atoms with van der Waals surface area (Å²) in [4.78, 5) is 16.0. The van der Waals surface area contributed by atoms with Gasteiger partial charge in [0.15, 0.2) is 0 Å². The molecule has 1 saturated heterocycles. The van der Waals surface area contributed by atoms with Crippen LogP contribution in [-0.2, 0) is 22.7 Å². The predicted octanol–water partition coefficient (Wildman–Crippen LogP) is 2.71. The van der Waals surface area contributed by atoms with Gasteiger partial charge in [0.1, 0.15) is 0 Å². The van der Waals surface area contributed by atoms with Gasteiger partial charge in [0.05, 0.1) is 29.9 Å². The normalized spacial score (nSPS) is 16.0. The fraction of sp³-hybridized carbons (Fsp3) is 0.412. The van der Waals surface area contributed by atoms with Gasteiger partial charge in [-0.1, -0.05) is 11.6 Å². The Balaban J connectivity index is 1.59. The summed E-state index contributed by atoms with van der Waals surface area (Å²) in [6, 6.07) is 3.04. The number of alkyl halides is 3. The number of hydrogen-bond donors (Lipinski definition) is 1. The number of sulfonamides is 1. The molecule has 0 aliphatic carbocycles. The molecule has 2 heterocycles. The number of carbonyl (C=O) groups excluding carboxylic acids is 1. The molecule has 0 atom stereocenters. The Hall–Kier alpha value is -2.31. The Labute approximate surface area is 176 Å². The topological polar surface area (TPSA) is 87.5 Å². The number of hydrogen-bond acceptors (Lipinski definition) is 5. The zero-order valence-corrected chi connectivity index (χ0v) is 17.4. The smallest absolute Gasteiger partial charge is 0.320 e. The molecule has 1 aromatic heterocycles. The summed E-state index contributed by atoms with van der Waals surface area (Å²) in [5, 5.41) is 3.89. The van der Waals surface area contributed by atoms with Gasteiger partial charge in [0.2, 0.25) is 10.0 Å². The lowest BCUT2D eigenvalue weighted by Crippen LogP contribution is -2.49. The van der Waals surface area contributed by atoms with Gasteiger partial charge in [-0.25, -0.2) is 13.2 Å². The van der Waals surface area contributed by atoms with Crippen LogP contribution < -0.4 is 4.72 Å². The van der Waals surface area contributed by atoms with Gasteiger partial charge in [-0.2, -0.15) is 23.0 Å². The number of halogens is 4. The summed E-state index contributed by atoms with van der Waals surface area (Å²) < 4.78 is 64.6. The second kappa shape index (κ2) is 8.44. The van der Waals surface area contributed by atoms with Crippen LogP contribution in [0.2, 0.25) is 5.02 Å². The molecule has 164 valence electrons. The van der Waals surface area contributed by atoms with Gasteiger partial charge in [0.25, 0.3) is 0 Å². The van der Waals surface area contributed by atoms with Crippen LogP contribution in [0.15, 0.2) is 30.6 Å². The highest BCUT2D eigenvalue weighted by atomic mass is 35.5. The third kappa shape index (κ3) is 5.86. The lowest BCUT2D eigenvalue weighted by Gasteiger charge is -2.34. The molecule has 1 aliphatic heterocycles. The molecule has 13 heteroatoms. The molecule has 0 unspecified atom stereocenters. The van der Waals surface area contributed by atoms with Gasteiger partial charge in [-0.05, 0) is 23.8 Å². The third-order valence-electron chi connectivity index (χ3n) is 4.42. The number of aromatic nitrogens is 2. The zero-order chi connectivity index (χ0) is 22.1. The van der Waals surface area contributed by atoms with Crippen molar-refractivity contribution in [2.75, 3.05) is 37.2 Å². The highest BCUT2D eigenvalue weighted by molar-refractivity contribution is 7.92. The fourth-order valence-electron chi connectivity index (χ4n) is 3.10. The van der Waals surface area contributed by atoms with Crippen LogP contribution in [0.3, 0.4) is 0 Å². The highest BCUT2D eigenvalue weighted by Gasteiger charge is 2.31. The van der Waals surface area contributed by atoms with Crippen LogP contribution in [0.1, 0.15) is 11.1 Å². The number of carbonyl (C=O) groups is 1. The van der Waals surface area contributed by atoms with E-state index in [0.717, 1.165) is 23.1 Å². The van der Waals surface area contributed by atoms with Crippen molar-refractivity contribution in [2.24, 2.45) is 0 Å². The van der Waals surface area contributed by atoms with Crippen molar-refractivity contribution in [3.63, 3.8) is 0 Å². The predicted molar refractivity (Wildman–Crippen MR) is 105 cm³/mol. The van der Waals surface area contributed by atoms with Gasteiger partial charge in [-0.3, -0.25) is 9.62 Å². The van der Waals surface area contributed by atoms with E-state index in [4.69, 9.17) is 11.6 Å². The molecule has 1 aliphatic rings. The van der Waals surface area contributed by atoms with E-state index in [1.807, 2.05) is 4.90 Å². The van der Waals surface area contributed by atoms with Crippen LogP contribution in [0.4, 0.5) is 23.7 Å². The summed E-state index contributed by atoms with van der Waals surface area (Å²) in [5.74, 6) is 0. The SMILES string of the molecule is CS(=O)(=O)Nc1cnn(C(=O)N2CCN(Cc3cc(Cl)cc(C(F)(F)F)c3)CC2)c1. The summed E-state index contributed by atoms with van der Waals surface area (Å²) in [5.41, 5.74) is -0.180. The average Bonchev–Trinajstić information content (AvgIpc) is 3.07. The minimum atomic E-state index is -4.47. The van der Waals surface area contributed by atoms with Gasteiger partial charge in [0, 0.05) is 37.7 Å². The largest absolute Gasteiger partial charge is 0.416 e. The van der Waals surface area contributed by atoms with Crippen molar-refractivity contribution >= 4 is 33.3 Å². The molecule has 1 N–H and O–H groups in total. The average molecular weight is 466 g/mol. The Morgan fingerprint density at radius 2 is 1.87 bits per heavy atom. The molecular formula is C17H19ClF3N5O3S. The molecule has 3 rings (SSSR count). The van der Waals surface area contributed by atoms with Gasteiger partial charge in [-0.15, -0.1) is 0 Å². The van der Waals surface area contributed by atoms with Crippen molar-refractivity contribution in [3.05, 3.63) is 46.7 Å². The quantitative estimate of drug-likeness (QED) is 0.750. The Kier molecular flexibility index (Phi) is 6.29. The maximum absolute atomic E-state index is 13.0. The maximum Gasteiger partial charge on any atom is 0.416 e. The second-order valence-corrected chi connectivity index (χ2v) is 9.12. The van der Waals surface area contributed by atoms with Gasteiger partial charge < -0.3 is 4.90 Å². The van der Waals surface area contributed by atoms with E-state index in [-0.39, 0.29) is 17.3 Å². The van der Waals surface area contributed by atoms with Crippen molar-refractivity contribution in [1.82, 2.24) is 19.6 Å². The van der Waals surface area contributed by atoms with Gasteiger partial charge >= 0.3 is 12.2 Å². The number of rotatable bonds is 4. The van der Waals surface area contributed by atoms with E-state index in [1.54, 1.807) is 0 Å². The third-order valence-corrected chi connectivity index (χ3v) is 5.24. The number of benzene rings is 1. The van der Waals surface area contributed by atoms with Crippen molar-refractivity contribution in [2.45, 2.75) is 12.7 Å². The summed E-state index contributed by atoms with van der Waals surface area (Å²) in [6.07, 6.45) is -0.977. The zero-order valence-electron chi connectivity index (χ0n) is 15.9. The number of amides is 1. The van der Waals surface area contributed by atoms with Crippen LogP contribution in [-0.4, -0.2) is 66.5 Å². The van der Waals surface area contributed by atoms with Crippen LogP contribution in [0.25, 0.3) is 0 Å². The number of piperazine rings is 1. The molecule has 1 amide bonds. The van der Waals surface area contributed by atoms with E-state index in [0.29, 0.717) is 31.7 Å². The minimum absolute atomic E-state index is 0.0193. The first-order valence-corrected chi connectivity index (χ1v) is 11.1. The van der Waals surface area contributed by atoms with E-state index >= 15 is 0 Å². The Morgan fingerprint density at radius 1 is 1.20 bits per heavy atom. The Bertz CT molecular complexity index is 1030. The van der Waals surface area contributed by atoms with Crippen molar-refractivity contribution in [1.29, 1.82) is 0 Å². The monoisotopic (exact) mass is 465 g/mol. The number of nitrogens with one attached hydrogen (secondary N) is 1. The van der Waals surface area contributed by atoms with Crippen molar-refractivity contribution in [3.8, 4) is 0 Å². The van der Waals surface area contributed by atoms with E-state index in [1.165, 1.54) is 23.4 Å². The molecule has 0 saturated carbocycles. The minimum Gasteiger partial charge on any atom is -0.320 e.